The molecule has 0 N–H and O–H groups in total. The molecule has 35 heavy (non-hydrogen) atoms. The highest BCUT2D eigenvalue weighted by Gasteiger charge is 2.32. The SMILES string of the molecule is c1ccc(CC2COCCOCC(Cc3ccccc3)(Cc3ccccc3)COCCOC2)cc1. The van der Waals surface area contributed by atoms with Crippen LogP contribution in [0.3, 0.4) is 0 Å². The lowest BCUT2D eigenvalue weighted by atomic mass is 9.77. The molecule has 0 unspecified atom stereocenters. The van der Waals surface area contributed by atoms with Gasteiger partial charge in [-0.05, 0) is 36.0 Å². The lowest BCUT2D eigenvalue weighted by Gasteiger charge is -2.34. The van der Waals surface area contributed by atoms with Crippen molar-refractivity contribution in [2.75, 3.05) is 52.9 Å². The van der Waals surface area contributed by atoms with Gasteiger partial charge in [-0.15, -0.1) is 0 Å². The van der Waals surface area contributed by atoms with Crippen molar-refractivity contribution in [3.8, 4) is 0 Å². The molecule has 4 rings (SSSR count). The van der Waals surface area contributed by atoms with E-state index in [0.29, 0.717) is 58.8 Å². The molecule has 0 aromatic heterocycles. The standard InChI is InChI=1S/C31H38O4/c1-4-10-27(11-5-1)20-30-23-32-16-18-34-25-31(26-35-19-17-33-24-30,21-28-12-6-2-7-13-28)22-29-14-8-3-9-15-29/h1-15,30H,16-26H2. The lowest BCUT2D eigenvalue weighted by molar-refractivity contribution is -0.0626. The third-order valence-electron chi connectivity index (χ3n) is 6.48. The van der Waals surface area contributed by atoms with Crippen molar-refractivity contribution in [3.05, 3.63) is 108 Å². The van der Waals surface area contributed by atoms with E-state index < -0.39 is 0 Å². The van der Waals surface area contributed by atoms with E-state index in [1.165, 1.54) is 16.7 Å². The van der Waals surface area contributed by atoms with Crippen molar-refractivity contribution < 1.29 is 18.9 Å². The van der Waals surface area contributed by atoms with Gasteiger partial charge in [0.25, 0.3) is 0 Å². The van der Waals surface area contributed by atoms with Crippen LogP contribution in [0.1, 0.15) is 16.7 Å². The summed E-state index contributed by atoms with van der Waals surface area (Å²) < 4.78 is 24.6. The van der Waals surface area contributed by atoms with Gasteiger partial charge in [0.2, 0.25) is 0 Å². The Morgan fingerprint density at radius 1 is 0.514 bits per heavy atom. The molecule has 186 valence electrons. The topological polar surface area (TPSA) is 36.9 Å². The van der Waals surface area contributed by atoms with Crippen molar-refractivity contribution in [1.29, 1.82) is 0 Å². The largest absolute Gasteiger partial charge is 0.379 e. The highest BCUT2D eigenvalue weighted by molar-refractivity contribution is 5.21. The number of hydrogen-bond acceptors (Lipinski definition) is 4. The summed E-state index contributed by atoms with van der Waals surface area (Å²) in [7, 11) is 0. The van der Waals surface area contributed by atoms with Gasteiger partial charge in [0.1, 0.15) is 0 Å². The molecule has 4 nitrogen and oxygen atoms in total. The summed E-state index contributed by atoms with van der Waals surface area (Å²) in [5.74, 6) is 0.315. The van der Waals surface area contributed by atoms with Crippen LogP contribution in [0, 0.1) is 11.3 Å². The predicted molar refractivity (Wildman–Crippen MR) is 140 cm³/mol. The van der Waals surface area contributed by atoms with E-state index >= 15 is 0 Å². The highest BCUT2D eigenvalue weighted by atomic mass is 16.5. The van der Waals surface area contributed by atoms with Gasteiger partial charge in [0.05, 0.1) is 52.9 Å². The van der Waals surface area contributed by atoms with Crippen LogP contribution in [0.2, 0.25) is 0 Å². The Bertz CT molecular complexity index is 886. The smallest absolute Gasteiger partial charge is 0.0700 e. The predicted octanol–water partition coefficient (Wildman–Crippen LogP) is 5.40. The van der Waals surface area contributed by atoms with E-state index in [1.54, 1.807) is 0 Å². The Kier molecular flexibility index (Phi) is 10.3. The van der Waals surface area contributed by atoms with Gasteiger partial charge in [-0.25, -0.2) is 0 Å². The van der Waals surface area contributed by atoms with Gasteiger partial charge in [-0.1, -0.05) is 91.0 Å². The highest BCUT2D eigenvalue weighted by Crippen LogP contribution is 2.30. The van der Waals surface area contributed by atoms with E-state index in [-0.39, 0.29) is 5.41 Å². The maximum atomic E-state index is 6.26. The molecule has 1 aliphatic rings. The average Bonchev–Trinajstić information content (AvgIpc) is 2.89. The fourth-order valence-electron chi connectivity index (χ4n) is 4.79. The number of ether oxygens (including phenoxy) is 4. The molecule has 4 heteroatoms. The monoisotopic (exact) mass is 474 g/mol. The molecule has 0 amide bonds. The molecular formula is C31H38O4. The van der Waals surface area contributed by atoms with Crippen molar-refractivity contribution in [1.82, 2.24) is 0 Å². The average molecular weight is 475 g/mol. The molecule has 1 saturated heterocycles. The number of benzene rings is 3. The van der Waals surface area contributed by atoms with Crippen LogP contribution in [0.5, 0.6) is 0 Å². The summed E-state index contributed by atoms with van der Waals surface area (Å²) >= 11 is 0. The summed E-state index contributed by atoms with van der Waals surface area (Å²) in [4.78, 5) is 0. The molecule has 0 atom stereocenters. The Labute approximate surface area is 210 Å². The van der Waals surface area contributed by atoms with Crippen LogP contribution in [0.25, 0.3) is 0 Å². The summed E-state index contributed by atoms with van der Waals surface area (Å²) in [5.41, 5.74) is 3.74. The molecule has 1 heterocycles. The zero-order valence-corrected chi connectivity index (χ0v) is 20.6. The third-order valence-corrected chi connectivity index (χ3v) is 6.48. The van der Waals surface area contributed by atoms with Crippen LogP contribution < -0.4 is 0 Å². The molecule has 1 aliphatic heterocycles. The lowest BCUT2D eigenvalue weighted by Crippen LogP contribution is -2.38. The summed E-state index contributed by atoms with van der Waals surface area (Å²) in [6.07, 6.45) is 2.73. The fourth-order valence-corrected chi connectivity index (χ4v) is 4.79. The second kappa shape index (κ2) is 14.2. The van der Waals surface area contributed by atoms with Crippen LogP contribution >= 0.6 is 0 Å². The minimum Gasteiger partial charge on any atom is -0.379 e. The first-order chi connectivity index (χ1) is 17.3. The van der Waals surface area contributed by atoms with E-state index in [9.17, 15) is 0 Å². The van der Waals surface area contributed by atoms with Gasteiger partial charge in [-0.3, -0.25) is 0 Å². The third kappa shape index (κ3) is 8.90. The van der Waals surface area contributed by atoms with Gasteiger partial charge < -0.3 is 18.9 Å². The molecule has 0 aliphatic carbocycles. The molecule has 3 aromatic rings. The molecule has 1 fully saturated rings. The van der Waals surface area contributed by atoms with Gasteiger partial charge in [0.15, 0.2) is 0 Å². The maximum Gasteiger partial charge on any atom is 0.0700 e. The molecule has 0 radical (unpaired) electrons. The van der Waals surface area contributed by atoms with Crippen molar-refractivity contribution in [2.24, 2.45) is 11.3 Å². The number of hydrogen-bond donors (Lipinski definition) is 0. The van der Waals surface area contributed by atoms with Gasteiger partial charge >= 0.3 is 0 Å². The summed E-state index contributed by atoms with van der Waals surface area (Å²) in [6, 6.07) is 31.8. The first kappa shape index (κ1) is 25.6. The fraction of sp³-hybridized carbons (Fsp3) is 0.419. The quantitative estimate of drug-likeness (QED) is 0.480. The normalized spacial score (nSPS) is 18.5. The minimum absolute atomic E-state index is 0.164. The van der Waals surface area contributed by atoms with Crippen LogP contribution in [0.4, 0.5) is 0 Å². The van der Waals surface area contributed by atoms with Gasteiger partial charge in [0, 0.05) is 11.3 Å². The van der Waals surface area contributed by atoms with E-state index in [2.05, 4.69) is 84.9 Å². The Balaban J connectivity index is 1.40. The first-order valence-corrected chi connectivity index (χ1v) is 12.7. The van der Waals surface area contributed by atoms with E-state index in [1.807, 2.05) is 6.07 Å². The minimum atomic E-state index is -0.164. The first-order valence-electron chi connectivity index (χ1n) is 12.7. The number of rotatable bonds is 6. The zero-order valence-electron chi connectivity index (χ0n) is 20.6. The summed E-state index contributed by atoms with van der Waals surface area (Å²) in [5, 5.41) is 0. The van der Waals surface area contributed by atoms with E-state index in [0.717, 1.165) is 19.3 Å². The molecule has 3 aromatic carbocycles. The second-order valence-corrected chi connectivity index (χ2v) is 9.64. The van der Waals surface area contributed by atoms with Crippen molar-refractivity contribution in [3.63, 3.8) is 0 Å². The van der Waals surface area contributed by atoms with Crippen molar-refractivity contribution in [2.45, 2.75) is 19.3 Å². The van der Waals surface area contributed by atoms with Gasteiger partial charge in [-0.2, -0.15) is 0 Å². The summed E-state index contributed by atoms with van der Waals surface area (Å²) in [6.45, 7) is 4.88. The van der Waals surface area contributed by atoms with Crippen LogP contribution in [-0.2, 0) is 38.2 Å². The second-order valence-electron chi connectivity index (χ2n) is 9.64. The molecule has 0 spiro atoms. The molecular weight excluding hydrogens is 436 g/mol. The zero-order chi connectivity index (χ0) is 24.0. The Morgan fingerprint density at radius 2 is 0.914 bits per heavy atom. The van der Waals surface area contributed by atoms with Crippen LogP contribution in [0.15, 0.2) is 91.0 Å². The maximum absolute atomic E-state index is 6.26. The Hall–Kier alpha value is -2.50. The van der Waals surface area contributed by atoms with Crippen molar-refractivity contribution >= 4 is 0 Å². The Morgan fingerprint density at radius 3 is 1.37 bits per heavy atom. The molecule has 0 saturated carbocycles. The van der Waals surface area contributed by atoms with E-state index in [4.69, 9.17) is 18.9 Å². The molecule has 0 bridgehead atoms. The van der Waals surface area contributed by atoms with Crippen LogP contribution in [-0.4, -0.2) is 52.9 Å².